The summed E-state index contributed by atoms with van der Waals surface area (Å²) < 4.78 is 6.96. The number of hydrogen-bond acceptors (Lipinski definition) is 3. The molecule has 2 rings (SSSR count). The SMILES string of the molecule is CC[C@H](C)[C@@H](O)[C@H](C)[C@H](O)[C@H](C)CO[Si](c1ccccc1)(c1ccccc1)C(C)(C)C. The van der Waals surface area contributed by atoms with Crippen LogP contribution in [0.2, 0.25) is 5.04 Å². The summed E-state index contributed by atoms with van der Waals surface area (Å²) in [6.45, 7) is 15.3. The first-order valence-electron chi connectivity index (χ1n) is 11.7. The molecule has 0 unspecified atom stereocenters. The van der Waals surface area contributed by atoms with E-state index >= 15 is 0 Å². The van der Waals surface area contributed by atoms with E-state index in [1.165, 1.54) is 10.4 Å². The third kappa shape index (κ3) is 5.67. The lowest BCUT2D eigenvalue weighted by Gasteiger charge is -2.44. The first-order valence-corrected chi connectivity index (χ1v) is 13.6. The quantitative estimate of drug-likeness (QED) is 0.529. The number of benzene rings is 2. The molecular weight excluding hydrogens is 400 g/mol. The molecule has 0 saturated heterocycles. The Morgan fingerprint density at radius 3 is 1.58 bits per heavy atom. The van der Waals surface area contributed by atoms with E-state index in [0.717, 1.165) is 6.42 Å². The van der Waals surface area contributed by atoms with E-state index in [4.69, 9.17) is 4.43 Å². The van der Waals surface area contributed by atoms with E-state index in [0.29, 0.717) is 6.61 Å². The Bertz CT molecular complexity index is 733. The second-order valence-corrected chi connectivity index (χ2v) is 14.5. The zero-order chi connectivity index (χ0) is 23.2. The molecule has 2 aromatic carbocycles. The maximum Gasteiger partial charge on any atom is 0.261 e. The lowest BCUT2D eigenvalue weighted by molar-refractivity contribution is -0.0373. The van der Waals surface area contributed by atoms with Gasteiger partial charge in [-0.1, -0.05) is 116 Å². The van der Waals surface area contributed by atoms with Crippen LogP contribution in [0.4, 0.5) is 0 Å². The van der Waals surface area contributed by atoms with Gasteiger partial charge in [-0.25, -0.2) is 0 Å². The van der Waals surface area contributed by atoms with E-state index in [2.05, 4.69) is 76.2 Å². The van der Waals surface area contributed by atoms with Crippen molar-refractivity contribution in [2.75, 3.05) is 6.61 Å². The fraction of sp³-hybridized carbons (Fsp3) is 0.556. The summed E-state index contributed by atoms with van der Waals surface area (Å²) in [5, 5.41) is 24.0. The summed E-state index contributed by atoms with van der Waals surface area (Å²) in [5.41, 5.74) is 0. The molecule has 0 fully saturated rings. The van der Waals surface area contributed by atoms with Crippen molar-refractivity contribution in [3.63, 3.8) is 0 Å². The Kier molecular flexibility index (Phi) is 9.08. The summed E-state index contributed by atoms with van der Waals surface area (Å²) in [7, 11) is -2.62. The molecule has 0 aliphatic carbocycles. The van der Waals surface area contributed by atoms with Gasteiger partial charge >= 0.3 is 0 Å². The summed E-state index contributed by atoms with van der Waals surface area (Å²) in [6.07, 6.45) is -0.247. The topological polar surface area (TPSA) is 49.7 Å². The van der Waals surface area contributed by atoms with Gasteiger partial charge in [-0.2, -0.15) is 0 Å². The van der Waals surface area contributed by atoms with Crippen LogP contribution in [0.25, 0.3) is 0 Å². The van der Waals surface area contributed by atoms with Crippen molar-refractivity contribution < 1.29 is 14.6 Å². The van der Waals surface area contributed by atoms with Crippen molar-refractivity contribution in [2.45, 2.75) is 72.1 Å². The van der Waals surface area contributed by atoms with E-state index < -0.39 is 20.5 Å². The largest absolute Gasteiger partial charge is 0.407 e. The summed E-state index contributed by atoms with van der Waals surface area (Å²) in [5.74, 6) is -0.127. The molecule has 4 heteroatoms. The van der Waals surface area contributed by atoms with Crippen molar-refractivity contribution in [1.29, 1.82) is 0 Å². The zero-order valence-electron chi connectivity index (χ0n) is 20.4. The molecular formula is C27H42O3Si. The van der Waals surface area contributed by atoms with Crippen LogP contribution in [0.3, 0.4) is 0 Å². The van der Waals surface area contributed by atoms with Gasteiger partial charge in [0.25, 0.3) is 8.32 Å². The first-order chi connectivity index (χ1) is 14.6. The third-order valence-corrected chi connectivity index (χ3v) is 11.9. The lowest BCUT2D eigenvalue weighted by atomic mass is 9.84. The average Bonchev–Trinajstić information content (AvgIpc) is 2.77. The van der Waals surface area contributed by atoms with Gasteiger partial charge in [0, 0.05) is 18.4 Å². The number of aliphatic hydroxyl groups excluding tert-OH is 2. The van der Waals surface area contributed by atoms with Crippen molar-refractivity contribution in [1.82, 2.24) is 0 Å². The van der Waals surface area contributed by atoms with Crippen LogP contribution in [0.5, 0.6) is 0 Å². The molecule has 2 aromatic rings. The molecule has 2 N–H and O–H groups in total. The van der Waals surface area contributed by atoms with Gasteiger partial charge in [-0.3, -0.25) is 0 Å². The van der Waals surface area contributed by atoms with Gasteiger partial charge < -0.3 is 14.6 Å². The molecule has 0 spiro atoms. The lowest BCUT2D eigenvalue weighted by Crippen LogP contribution is -2.67. The predicted octanol–water partition coefficient (Wildman–Crippen LogP) is 4.60. The monoisotopic (exact) mass is 442 g/mol. The minimum atomic E-state index is -2.62. The molecule has 0 aromatic heterocycles. The summed E-state index contributed by atoms with van der Waals surface area (Å²) in [6, 6.07) is 21.1. The Balaban J connectivity index is 2.37. The first kappa shape index (κ1) is 25.8. The highest BCUT2D eigenvalue weighted by atomic mass is 28.4. The van der Waals surface area contributed by atoms with Gasteiger partial charge in [0.05, 0.1) is 12.2 Å². The van der Waals surface area contributed by atoms with Crippen LogP contribution in [-0.4, -0.2) is 37.3 Å². The predicted molar refractivity (Wildman–Crippen MR) is 133 cm³/mol. The summed E-state index contributed by atoms with van der Waals surface area (Å²) >= 11 is 0. The fourth-order valence-electron chi connectivity index (χ4n) is 4.60. The van der Waals surface area contributed by atoms with Crippen LogP contribution >= 0.6 is 0 Å². The van der Waals surface area contributed by atoms with Crippen LogP contribution in [0.1, 0.15) is 54.9 Å². The van der Waals surface area contributed by atoms with Gasteiger partial charge in [-0.15, -0.1) is 0 Å². The highest BCUT2D eigenvalue weighted by Gasteiger charge is 2.50. The minimum Gasteiger partial charge on any atom is -0.407 e. The summed E-state index contributed by atoms with van der Waals surface area (Å²) in [4.78, 5) is 0. The van der Waals surface area contributed by atoms with E-state index in [1.807, 2.05) is 32.9 Å². The van der Waals surface area contributed by atoms with Crippen molar-refractivity contribution in [2.24, 2.45) is 17.8 Å². The fourth-order valence-corrected chi connectivity index (χ4v) is 9.26. The van der Waals surface area contributed by atoms with E-state index in [-0.39, 0.29) is 22.8 Å². The zero-order valence-corrected chi connectivity index (χ0v) is 21.4. The molecule has 0 aliphatic heterocycles. The Hall–Kier alpha value is -1.46. The second kappa shape index (κ2) is 10.9. The van der Waals surface area contributed by atoms with Crippen LogP contribution in [-0.2, 0) is 4.43 Å². The van der Waals surface area contributed by atoms with E-state index in [1.54, 1.807) is 0 Å². The molecule has 0 heterocycles. The van der Waals surface area contributed by atoms with Gasteiger partial charge in [-0.05, 0) is 21.3 Å². The average molecular weight is 443 g/mol. The maximum absolute atomic E-state index is 11.0. The van der Waals surface area contributed by atoms with Crippen molar-refractivity contribution >= 4 is 18.7 Å². The molecule has 31 heavy (non-hydrogen) atoms. The smallest absolute Gasteiger partial charge is 0.261 e. The molecule has 0 aliphatic rings. The van der Waals surface area contributed by atoms with Gasteiger partial charge in [0.15, 0.2) is 0 Å². The Morgan fingerprint density at radius 1 is 0.774 bits per heavy atom. The van der Waals surface area contributed by atoms with Gasteiger partial charge in [0.2, 0.25) is 0 Å². The maximum atomic E-state index is 11.0. The second-order valence-electron chi connectivity index (χ2n) is 10.2. The number of aliphatic hydroxyl groups is 2. The van der Waals surface area contributed by atoms with Crippen LogP contribution in [0.15, 0.2) is 60.7 Å². The minimum absolute atomic E-state index is 0.0876. The Morgan fingerprint density at radius 2 is 1.19 bits per heavy atom. The molecule has 0 bridgehead atoms. The molecule has 172 valence electrons. The van der Waals surface area contributed by atoms with E-state index in [9.17, 15) is 10.2 Å². The highest BCUT2D eigenvalue weighted by molar-refractivity contribution is 6.99. The highest BCUT2D eigenvalue weighted by Crippen LogP contribution is 2.37. The molecule has 5 atom stereocenters. The molecule has 3 nitrogen and oxygen atoms in total. The van der Waals surface area contributed by atoms with Crippen LogP contribution < -0.4 is 10.4 Å². The van der Waals surface area contributed by atoms with Crippen molar-refractivity contribution in [3.8, 4) is 0 Å². The molecule has 0 saturated carbocycles. The molecule has 0 amide bonds. The normalized spacial score (nSPS) is 17.6. The van der Waals surface area contributed by atoms with Crippen LogP contribution in [0, 0.1) is 17.8 Å². The number of rotatable bonds is 10. The third-order valence-electron chi connectivity index (χ3n) is 6.87. The standard InChI is InChI=1S/C27H42O3Si/c1-8-20(2)25(28)22(4)26(29)21(3)19-30-31(27(5,6)7,23-15-11-9-12-16-23)24-17-13-10-14-18-24/h9-18,20-22,25-26,28-29H,8,19H2,1-7H3/t20-,21+,22-,25+,26+/m0/s1. The van der Waals surface area contributed by atoms with Gasteiger partial charge in [0.1, 0.15) is 0 Å². The molecule has 0 radical (unpaired) electrons. The Labute approximate surface area is 190 Å². The van der Waals surface area contributed by atoms with Crippen molar-refractivity contribution in [3.05, 3.63) is 60.7 Å². The number of hydrogen-bond donors (Lipinski definition) is 2.